The summed E-state index contributed by atoms with van der Waals surface area (Å²) in [5, 5.41) is 0. The first kappa shape index (κ1) is 22.3. The Balaban J connectivity index is 1.91. The molecule has 0 unspecified atom stereocenters. The number of hydrogen-bond acceptors (Lipinski definition) is 2. The van der Waals surface area contributed by atoms with Crippen LogP contribution in [-0.2, 0) is 0 Å². The van der Waals surface area contributed by atoms with Crippen molar-refractivity contribution in [3.05, 3.63) is 11.6 Å². The van der Waals surface area contributed by atoms with Crippen molar-refractivity contribution in [2.75, 3.05) is 32.7 Å². The first-order valence-corrected chi connectivity index (χ1v) is 12.9. The Morgan fingerprint density at radius 2 is 1.64 bits per heavy atom. The van der Waals surface area contributed by atoms with Gasteiger partial charge in [0.05, 0.1) is 0 Å². The lowest BCUT2D eigenvalue weighted by Crippen LogP contribution is -2.68. The third kappa shape index (κ3) is 4.53. The van der Waals surface area contributed by atoms with Crippen LogP contribution in [0.1, 0.15) is 98.3 Å². The lowest BCUT2D eigenvalue weighted by Gasteiger charge is -2.64. The van der Waals surface area contributed by atoms with E-state index in [1.807, 2.05) is 5.57 Å². The molecule has 0 N–H and O–H groups in total. The average Bonchev–Trinajstić information content (AvgIpc) is 2.73. The van der Waals surface area contributed by atoms with Crippen LogP contribution in [0.3, 0.4) is 0 Å². The average molecular weight is 389 g/mol. The molecule has 0 saturated carbocycles. The predicted molar refractivity (Wildman–Crippen MR) is 123 cm³/mol. The van der Waals surface area contributed by atoms with Crippen LogP contribution in [0.5, 0.6) is 0 Å². The molecule has 28 heavy (non-hydrogen) atoms. The Morgan fingerprint density at radius 1 is 0.929 bits per heavy atom. The molecule has 4 atom stereocenters. The van der Waals surface area contributed by atoms with Crippen molar-refractivity contribution < 1.29 is 0 Å². The molecule has 4 aliphatic rings. The molecule has 0 aromatic rings. The second-order valence-electron chi connectivity index (χ2n) is 10.1. The normalized spacial score (nSPS) is 33.1. The maximum Gasteiger partial charge on any atom is 0.0379 e. The minimum atomic E-state index is 0.538. The van der Waals surface area contributed by atoms with E-state index in [-0.39, 0.29) is 0 Å². The largest absolute Gasteiger partial charge is 0.303 e. The Kier molecular flexibility index (Phi) is 8.47. The summed E-state index contributed by atoms with van der Waals surface area (Å²) in [5.74, 6) is 1.78. The molecule has 1 aliphatic carbocycles. The summed E-state index contributed by atoms with van der Waals surface area (Å²) in [6.07, 6.45) is 18.0. The van der Waals surface area contributed by atoms with Crippen molar-refractivity contribution in [2.24, 2.45) is 17.3 Å². The van der Waals surface area contributed by atoms with Gasteiger partial charge in [-0.3, -0.25) is 4.90 Å². The smallest absolute Gasteiger partial charge is 0.0379 e. The molecule has 0 aromatic heterocycles. The highest BCUT2D eigenvalue weighted by Gasteiger charge is 2.58. The maximum absolute atomic E-state index is 2.97. The molecule has 0 amide bonds. The Bertz CT molecular complexity index is 499. The van der Waals surface area contributed by atoms with Crippen molar-refractivity contribution in [1.29, 1.82) is 0 Å². The van der Waals surface area contributed by atoms with Gasteiger partial charge in [-0.1, -0.05) is 71.4 Å². The topological polar surface area (TPSA) is 6.48 Å². The van der Waals surface area contributed by atoms with Gasteiger partial charge in [-0.05, 0) is 70.0 Å². The zero-order valence-corrected chi connectivity index (χ0v) is 19.5. The Labute approximate surface area is 176 Å². The summed E-state index contributed by atoms with van der Waals surface area (Å²) in [4.78, 5) is 5.83. The van der Waals surface area contributed by atoms with Crippen molar-refractivity contribution in [2.45, 2.75) is 104 Å². The van der Waals surface area contributed by atoms with Crippen LogP contribution in [0, 0.1) is 17.3 Å². The van der Waals surface area contributed by atoms with E-state index in [1.54, 1.807) is 0 Å². The van der Waals surface area contributed by atoms with Crippen LogP contribution >= 0.6 is 0 Å². The fourth-order valence-electron chi connectivity index (χ4n) is 6.82. The van der Waals surface area contributed by atoms with E-state index in [9.17, 15) is 0 Å². The summed E-state index contributed by atoms with van der Waals surface area (Å²) in [6, 6.07) is 0.747. The molecule has 4 rings (SSSR count). The summed E-state index contributed by atoms with van der Waals surface area (Å²) < 4.78 is 0. The summed E-state index contributed by atoms with van der Waals surface area (Å²) in [7, 11) is 0. The highest BCUT2D eigenvalue weighted by molar-refractivity contribution is 5.30. The maximum atomic E-state index is 2.97. The molecule has 2 saturated heterocycles. The van der Waals surface area contributed by atoms with Gasteiger partial charge in [-0.25, -0.2) is 0 Å². The van der Waals surface area contributed by atoms with Gasteiger partial charge < -0.3 is 4.90 Å². The SMILES string of the molecule is CCCCC1=C[C@H]2CN(CCCC)[C@@H]1[C@]1(CCCC)CN(CCCC)CC[C@@H]21. The van der Waals surface area contributed by atoms with Gasteiger partial charge in [-0.15, -0.1) is 0 Å². The number of nitrogens with zero attached hydrogens (tertiary/aromatic N) is 2. The first-order chi connectivity index (χ1) is 13.7. The Hall–Kier alpha value is -0.340. The van der Waals surface area contributed by atoms with E-state index in [0.29, 0.717) is 5.41 Å². The van der Waals surface area contributed by atoms with E-state index in [2.05, 4.69) is 43.6 Å². The summed E-state index contributed by atoms with van der Waals surface area (Å²) >= 11 is 0. The number of piperidine rings is 2. The van der Waals surface area contributed by atoms with Crippen molar-refractivity contribution in [3.8, 4) is 0 Å². The van der Waals surface area contributed by atoms with E-state index in [4.69, 9.17) is 0 Å². The molecular formula is C26H48N2. The molecule has 0 spiro atoms. The number of rotatable bonds is 12. The van der Waals surface area contributed by atoms with Gasteiger partial charge >= 0.3 is 0 Å². The van der Waals surface area contributed by atoms with Crippen LogP contribution in [-0.4, -0.2) is 48.6 Å². The van der Waals surface area contributed by atoms with E-state index >= 15 is 0 Å². The van der Waals surface area contributed by atoms with Crippen LogP contribution < -0.4 is 0 Å². The van der Waals surface area contributed by atoms with Crippen molar-refractivity contribution in [3.63, 3.8) is 0 Å². The molecule has 2 heteroatoms. The van der Waals surface area contributed by atoms with E-state index in [1.165, 1.54) is 103 Å². The molecule has 2 fully saturated rings. The van der Waals surface area contributed by atoms with Crippen LogP contribution in [0.2, 0.25) is 0 Å². The quantitative estimate of drug-likeness (QED) is 0.351. The summed E-state index contributed by atoms with van der Waals surface area (Å²) in [5.41, 5.74) is 2.38. The fraction of sp³-hybridized carbons (Fsp3) is 0.923. The minimum Gasteiger partial charge on any atom is -0.303 e. The van der Waals surface area contributed by atoms with Crippen LogP contribution in [0.15, 0.2) is 11.6 Å². The number of fused-ring (bicyclic) bond motifs is 1. The lowest BCUT2D eigenvalue weighted by molar-refractivity contribution is -0.111. The second-order valence-corrected chi connectivity index (χ2v) is 10.1. The number of likely N-dealkylation sites (tertiary alicyclic amines) is 1. The minimum absolute atomic E-state index is 0.538. The molecule has 2 bridgehead atoms. The highest BCUT2D eigenvalue weighted by atomic mass is 15.2. The third-order valence-corrected chi connectivity index (χ3v) is 8.11. The zero-order valence-electron chi connectivity index (χ0n) is 19.5. The fourth-order valence-corrected chi connectivity index (χ4v) is 6.82. The van der Waals surface area contributed by atoms with Crippen molar-refractivity contribution >= 4 is 0 Å². The molecule has 0 radical (unpaired) electrons. The molecule has 2 nitrogen and oxygen atoms in total. The second kappa shape index (κ2) is 10.6. The van der Waals surface area contributed by atoms with Crippen LogP contribution in [0.4, 0.5) is 0 Å². The molecule has 3 aliphatic heterocycles. The lowest BCUT2D eigenvalue weighted by atomic mass is 9.52. The van der Waals surface area contributed by atoms with Gasteiger partial charge in [0.2, 0.25) is 0 Å². The molecular weight excluding hydrogens is 340 g/mol. The molecule has 162 valence electrons. The molecule has 3 heterocycles. The summed E-state index contributed by atoms with van der Waals surface area (Å²) in [6.45, 7) is 16.2. The highest BCUT2D eigenvalue weighted by Crippen LogP contribution is 2.57. The van der Waals surface area contributed by atoms with Gasteiger partial charge in [0.1, 0.15) is 0 Å². The van der Waals surface area contributed by atoms with E-state index < -0.39 is 0 Å². The van der Waals surface area contributed by atoms with Crippen molar-refractivity contribution in [1.82, 2.24) is 9.80 Å². The number of hydrogen-bond donors (Lipinski definition) is 0. The van der Waals surface area contributed by atoms with Gasteiger partial charge in [0.15, 0.2) is 0 Å². The zero-order chi connectivity index (χ0) is 20.0. The third-order valence-electron chi connectivity index (χ3n) is 8.11. The number of unbranched alkanes of at least 4 members (excludes halogenated alkanes) is 4. The van der Waals surface area contributed by atoms with Crippen LogP contribution in [0.25, 0.3) is 0 Å². The van der Waals surface area contributed by atoms with Gasteiger partial charge in [-0.2, -0.15) is 0 Å². The Morgan fingerprint density at radius 3 is 2.36 bits per heavy atom. The monoisotopic (exact) mass is 388 g/mol. The molecule has 0 aromatic carbocycles. The first-order valence-electron chi connectivity index (χ1n) is 12.9. The predicted octanol–water partition coefficient (Wildman–Crippen LogP) is 6.52. The van der Waals surface area contributed by atoms with Gasteiger partial charge in [0, 0.05) is 24.5 Å². The van der Waals surface area contributed by atoms with Gasteiger partial charge in [0.25, 0.3) is 0 Å². The van der Waals surface area contributed by atoms with E-state index in [0.717, 1.165) is 17.9 Å². The standard InChI is InChI=1S/C26H48N2/c1-5-9-13-22-19-23-20-28(17-12-8-4)25(22)26(15-10-6-2)21-27(16-11-7-3)18-14-24(23)26/h19,23-25H,5-18,20-21H2,1-4H3/t23-,24-,25-,26+/m0/s1.